The maximum atomic E-state index is 6.01. The first-order valence-corrected chi connectivity index (χ1v) is 8.50. The summed E-state index contributed by atoms with van der Waals surface area (Å²) in [7, 11) is 2.19. The van der Waals surface area contributed by atoms with Gasteiger partial charge in [0.1, 0.15) is 0 Å². The number of piperidine rings is 1. The molecule has 0 spiro atoms. The van der Waals surface area contributed by atoms with Crippen LogP contribution < -0.4 is 10.6 Å². The third-order valence-corrected chi connectivity index (χ3v) is 4.28. The monoisotopic (exact) mass is 450 g/mol. The summed E-state index contributed by atoms with van der Waals surface area (Å²) < 4.78 is 0. The van der Waals surface area contributed by atoms with Crippen LogP contribution in [0.15, 0.2) is 29.3 Å². The molecule has 2 N–H and O–H groups in total. The topological polar surface area (TPSA) is 39.7 Å². The third-order valence-electron chi connectivity index (χ3n) is 4.05. The van der Waals surface area contributed by atoms with Crippen LogP contribution in [0.1, 0.15) is 25.3 Å². The van der Waals surface area contributed by atoms with E-state index in [0.29, 0.717) is 6.54 Å². The van der Waals surface area contributed by atoms with Crippen LogP contribution in [-0.2, 0) is 6.54 Å². The molecule has 0 amide bonds. The van der Waals surface area contributed by atoms with Crippen LogP contribution in [0.25, 0.3) is 0 Å². The highest BCUT2D eigenvalue weighted by molar-refractivity contribution is 14.0. The lowest BCUT2D eigenvalue weighted by atomic mass is 9.97. The molecule has 4 nitrogen and oxygen atoms in total. The first kappa shape index (κ1) is 20.5. The SMILES string of the molecule is CCNC(=NCc1cccc(Cl)c1)NCC1CCN(C)CC1.I. The minimum atomic E-state index is 0. The van der Waals surface area contributed by atoms with Gasteiger partial charge in [-0.2, -0.15) is 0 Å². The maximum absolute atomic E-state index is 6.01. The van der Waals surface area contributed by atoms with Crippen molar-refractivity contribution in [3.63, 3.8) is 0 Å². The van der Waals surface area contributed by atoms with Gasteiger partial charge in [0.2, 0.25) is 0 Å². The van der Waals surface area contributed by atoms with Crippen molar-refractivity contribution in [2.75, 3.05) is 33.2 Å². The summed E-state index contributed by atoms with van der Waals surface area (Å²) >= 11 is 6.01. The molecule has 6 heteroatoms. The number of benzene rings is 1. The smallest absolute Gasteiger partial charge is 0.191 e. The molecule has 1 aromatic rings. The molecule has 23 heavy (non-hydrogen) atoms. The van der Waals surface area contributed by atoms with Gasteiger partial charge in [-0.3, -0.25) is 0 Å². The highest BCUT2D eigenvalue weighted by atomic mass is 127. The zero-order valence-corrected chi connectivity index (χ0v) is 17.1. The summed E-state index contributed by atoms with van der Waals surface area (Å²) in [6.07, 6.45) is 2.52. The summed E-state index contributed by atoms with van der Waals surface area (Å²) in [6, 6.07) is 7.87. The molecule has 1 saturated heterocycles. The zero-order chi connectivity index (χ0) is 15.8. The molecule has 1 aliphatic rings. The summed E-state index contributed by atoms with van der Waals surface area (Å²) in [5, 5.41) is 7.55. The minimum Gasteiger partial charge on any atom is -0.357 e. The Morgan fingerprint density at radius 3 is 2.70 bits per heavy atom. The van der Waals surface area contributed by atoms with Crippen molar-refractivity contribution in [3.8, 4) is 0 Å². The van der Waals surface area contributed by atoms with E-state index < -0.39 is 0 Å². The second-order valence-corrected chi connectivity index (χ2v) is 6.39. The Hall–Kier alpha value is -0.530. The fraction of sp³-hybridized carbons (Fsp3) is 0.588. The number of likely N-dealkylation sites (tertiary alicyclic amines) is 1. The maximum Gasteiger partial charge on any atom is 0.191 e. The van der Waals surface area contributed by atoms with Gasteiger partial charge in [-0.1, -0.05) is 23.7 Å². The van der Waals surface area contributed by atoms with Crippen LogP contribution in [0.3, 0.4) is 0 Å². The van der Waals surface area contributed by atoms with Crippen molar-refractivity contribution in [2.45, 2.75) is 26.3 Å². The van der Waals surface area contributed by atoms with Crippen LogP contribution >= 0.6 is 35.6 Å². The number of hydrogen-bond donors (Lipinski definition) is 2. The number of guanidine groups is 1. The average Bonchev–Trinajstić information content (AvgIpc) is 2.52. The summed E-state index contributed by atoms with van der Waals surface area (Å²) in [5.41, 5.74) is 1.13. The lowest BCUT2D eigenvalue weighted by Crippen LogP contribution is -2.42. The number of hydrogen-bond acceptors (Lipinski definition) is 2. The molecule has 0 unspecified atom stereocenters. The van der Waals surface area contributed by atoms with E-state index in [2.05, 4.69) is 40.6 Å². The molecule has 0 saturated carbocycles. The van der Waals surface area contributed by atoms with Crippen molar-refractivity contribution in [1.29, 1.82) is 0 Å². The normalized spacial score (nSPS) is 16.7. The van der Waals surface area contributed by atoms with Crippen LogP contribution in [0.5, 0.6) is 0 Å². The Labute approximate surface area is 162 Å². The van der Waals surface area contributed by atoms with Gasteiger partial charge in [0.15, 0.2) is 5.96 Å². The van der Waals surface area contributed by atoms with Crippen molar-refractivity contribution in [1.82, 2.24) is 15.5 Å². The first-order valence-electron chi connectivity index (χ1n) is 8.12. The van der Waals surface area contributed by atoms with E-state index in [1.54, 1.807) is 0 Å². The number of aliphatic imine (C=N–C) groups is 1. The Bertz CT molecular complexity index is 487. The average molecular weight is 451 g/mol. The van der Waals surface area contributed by atoms with Gasteiger partial charge in [0, 0.05) is 18.1 Å². The number of nitrogens with zero attached hydrogens (tertiary/aromatic N) is 2. The molecule has 0 atom stereocenters. The highest BCUT2D eigenvalue weighted by Crippen LogP contribution is 2.14. The van der Waals surface area contributed by atoms with E-state index >= 15 is 0 Å². The molecule has 1 heterocycles. The van der Waals surface area contributed by atoms with E-state index in [1.807, 2.05) is 18.2 Å². The van der Waals surface area contributed by atoms with E-state index in [0.717, 1.165) is 35.6 Å². The fourth-order valence-corrected chi connectivity index (χ4v) is 2.87. The van der Waals surface area contributed by atoms with E-state index in [1.165, 1.54) is 25.9 Å². The van der Waals surface area contributed by atoms with E-state index in [4.69, 9.17) is 11.6 Å². The molecule has 0 aliphatic carbocycles. The Morgan fingerprint density at radius 2 is 2.04 bits per heavy atom. The van der Waals surface area contributed by atoms with Crippen molar-refractivity contribution in [2.24, 2.45) is 10.9 Å². The van der Waals surface area contributed by atoms with Gasteiger partial charge < -0.3 is 15.5 Å². The fourth-order valence-electron chi connectivity index (χ4n) is 2.65. The minimum absolute atomic E-state index is 0. The van der Waals surface area contributed by atoms with Crippen LogP contribution in [0.4, 0.5) is 0 Å². The molecule has 1 aliphatic heterocycles. The van der Waals surface area contributed by atoms with Crippen LogP contribution in [0.2, 0.25) is 5.02 Å². The van der Waals surface area contributed by atoms with E-state index in [9.17, 15) is 0 Å². The second kappa shape index (κ2) is 11.1. The molecule has 0 aromatic heterocycles. The van der Waals surface area contributed by atoms with Crippen LogP contribution in [-0.4, -0.2) is 44.1 Å². The van der Waals surface area contributed by atoms with Gasteiger partial charge in [0.05, 0.1) is 6.54 Å². The molecule has 130 valence electrons. The van der Waals surface area contributed by atoms with Gasteiger partial charge in [-0.05, 0) is 63.5 Å². The Balaban J connectivity index is 0.00000264. The lowest BCUT2D eigenvalue weighted by Gasteiger charge is -2.29. The van der Waals surface area contributed by atoms with Gasteiger partial charge >= 0.3 is 0 Å². The number of halogens is 2. The standard InChI is InChI=1S/C17H27ClN4.HI/c1-3-19-17(20-12-14-7-9-22(2)10-8-14)21-13-15-5-4-6-16(18)11-15;/h4-6,11,14H,3,7-10,12-13H2,1-2H3,(H2,19,20,21);1H. The molecule has 1 fully saturated rings. The summed E-state index contributed by atoms with van der Waals surface area (Å²) in [4.78, 5) is 7.05. The van der Waals surface area contributed by atoms with Crippen LogP contribution in [0, 0.1) is 5.92 Å². The van der Waals surface area contributed by atoms with E-state index in [-0.39, 0.29) is 24.0 Å². The second-order valence-electron chi connectivity index (χ2n) is 5.95. The van der Waals surface area contributed by atoms with Gasteiger partial charge in [-0.15, -0.1) is 24.0 Å². The van der Waals surface area contributed by atoms with Crippen molar-refractivity contribution >= 4 is 41.5 Å². The number of nitrogens with one attached hydrogen (secondary N) is 2. The predicted molar refractivity (Wildman–Crippen MR) is 110 cm³/mol. The molecule has 2 rings (SSSR count). The molecule has 1 aromatic carbocycles. The highest BCUT2D eigenvalue weighted by Gasteiger charge is 2.16. The quantitative estimate of drug-likeness (QED) is 0.410. The predicted octanol–water partition coefficient (Wildman–Crippen LogP) is 3.35. The summed E-state index contributed by atoms with van der Waals surface area (Å²) in [6.45, 7) is 6.99. The van der Waals surface area contributed by atoms with Crippen molar-refractivity contribution in [3.05, 3.63) is 34.9 Å². The third kappa shape index (κ3) is 7.72. The summed E-state index contributed by atoms with van der Waals surface area (Å²) in [5.74, 6) is 1.63. The molecular weight excluding hydrogens is 423 g/mol. The van der Waals surface area contributed by atoms with Gasteiger partial charge in [-0.25, -0.2) is 4.99 Å². The lowest BCUT2D eigenvalue weighted by molar-refractivity contribution is 0.220. The van der Waals surface area contributed by atoms with Crippen molar-refractivity contribution < 1.29 is 0 Å². The molecular formula is C17H28ClIN4. The molecule has 0 bridgehead atoms. The zero-order valence-electron chi connectivity index (χ0n) is 14.0. The number of rotatable bonds is 5. The molecule has 0 radical (unpaired) electrons. The Morgan fingerprint density at radius 1 is 1.30 bits per heavy atom. The van der Waals surface area contributed by atoms with Gasteiger partial charge in [0.25, 0.3) is 0 Å². The first-order chi connectivity index (χ1) is 10.7. The Kier molecular flexibility index (Phi) is 9.90. The largest absolute Gasteiger partial charge is 0.357 e.